The number of rotatable bonds is 4. The van der Waals surface area contributed by atoms with Crippen molar-refractivity contribution < 1.29 is 30.8 Å². The van der Waals surface area contributed by atoms with E-state index in [2.05, 4.69) is 0 Å². The van der Waals surface area contributed by atoms with Gasteiger partial charge in [0.2, 0.25) is 10.0 Å². The van der Waals surface area contributed by atoms with Crippen LogP contribution in [0.3, 0.4) is 0 Å². The molecular formula is C10H13F3N2O4S. The standard InChI is InChI=1S/C10H13F3N2O4S/c1-3-15(5-10(11,12)13)9(16)7-4-8(6(2)19-7)20(14,17)18/h4H,3,5H2,1-2H3,(H2,14,17,18). The second-order valence-corrected chi connectivity index (χ2v) is 5.54. The number of aryl methyl sites for hydroxylation is 1. The van der Waals surface area contributed by atoms with Crippen molar-refractivity contribution in [3.05, 3.63) is 17.6 Å². The molecule has 0 aliphatic rings. The van der Waals surface area contributed by atoms with Crippen molar-refractivity contribution in [2.24, 2.45) is 5.14 Å². The van der Waals surface area contributed by atoms with Crippen LogP contribution in [0.2, 0.25) is 0 Å². The second kappa shape index (κ2) is 5.44. The Hall–Kier alpha value is -1.55. The topological polar surface area (TPSA) is 93.6 Å². The first-order chi connectivity index (χ1) is 8.95. The zero-order chi connectivity index (χ0) is 15.7. The minimum absolute atomic E-state index is 0.154. The van der Waals surface area contributed by atoms with Gasteiger partial charge >= 0.3 is 6.18 Å². The van der Waals surface area contributed by atoms with E-state index in [-0.39, 0.29) is 12.3 Å². The van der Waals surface area contributed by atoms with Crippen LogP contribution in [-0.4, -0.2) is 38.5 Å². The van der Waals surface area contributed by atoms with Gasteiger partial charge in [-0.2, -0.15) is 13.2 Å². The minimum atomic E-state index is -4.56. The molecule has 0 spiro atoms. The lowest BCUT2D eigenvalue weighted by molar-refractivity contribution is -0.140. The molecule has 0 radical (unpaired) electrons. The Morgan fingerprint density at radius 3 is 2.35 bits per heavy atom. The Labute approximate surface area is 113 Å². The quantitative estimate of drug-likeness (QED) is 0.905. The predicted octanol–water partition coefficient (Wildman–Crippen LogP) is 1.26. The van der Waals surface area contributed by atoms with Crippen molar-refractivity contribution in [3.63, 3.8) is 0 Å². The Morgan fingerprint density at radius 1 is 1.45 bits per heavy atom. The number of amides is 1. The first kappa shape index (κ1) is 16.5. The zero-order valence-corrected chi connectivity index (χ0v) is 11.5. The van der Waals surface area contributed by atoms with E-state index in [1.165, 1.54) is 13.8 Å². The lowest BCUT2D eigenvalue weighted by atomic mass is 10.3. The number of carbonyl (C=O) groups is 1. The van der Waals surface area contributed by atoms with Gasteiger partial charge in [0.1, 0.15) is 17.2 Å². The van der Waals surface area contributed by atoms with Gasteiger partial charge in [0, 0.05) is 12.6 Å². The number of hydrogen-bond acceptors (Lipinski definition) is 4. The average molecular weight is 314 g/mol. The van der Waals surface area contributed by atoms with Crippen molar-refractivity contribution in [2.75, 3.05) is 13.1 Å². The molecule has 0 unspecified atom stereocenters. The minimum Gasteiger partial charge on any atom is -0.455 e. The molecule has 0 saturated carbocycles. The number of carbonyl (C=O) groups excluding carboxylic acids is 1. The van der Waals surface area contributed by atoms with Crippen molar-refractivity contribution in [1.29, 1.82) is 0 Å². The normalized spacial score (nSPS) is 12.5. The van der Waals surface area contributed by atoms with Crippen LogP contribution in [0.5, 0.6) is 0 Å². The first-order valence-electron chi connectivity index (χ1n) is 5.45. The SMILES string of the molecule is CCN(CC(F)(F)F)C(=O)c1cc(S(N)(=O)=O)c(C)o1. The molecule has 6 nitrogen and oxygen atoms in total. The molecular weight excluding hydrogens is 301 g/mol. The highest BCUT2D eigenvalue weighted by atomic mass is 32.2. The van der Waals surface area contributed by atoms with E-state index >= 15 is 0 Å². The number of halogens is 3. The molecule has 0 bridgehead atoms. The van der Waals surface area contributed by atoms with Gasteiger partial charge in [0.25, 0.3) is 5.91 Å². The summed E-state index contributed by atoms with van der Waals surface area (Å²) < 4.78 is 64.1. The summed E-state index contributed by atoms with van der Waals surface area (Å²) in [5.41, 5.74) is 0. The van der Waals surface area contributed by atoms with Crippen LogP contribution in [-0.2, 0) is 10.0 Å². The van der Waals surface area contributed by atoms with Gasteiger partial charge in [-0.15, -0.1) is 0 Å². The molecule has 1 aromatic rings. The molecule has 20 heavy (non-hydrogen) atoms. The number of alkyl halides is 3. The lowest BCUT2D eigenvalue weighted by Crippen LogP contribution is -2.38. The van der Waals surface area contributed by atoms with Gasteiger partial charge in [-0.3, -0.25) is 4.79 Å². The second-order valence-electron chi connectivity index (χ2n) is 4.01. The third kappa shape index (κ3) is 3.97. The number of primary sulfonamides is 1. The van der Waals surface area contributed by atoms with E-state index < -0.39 is 39.3 Å². The molecule has 0 aliphatic heterocycles. The van der Waals surface area contributed by atoms with Crippen molar-refractivity contribution in [2.45, 2.75) is 24.9 Å². The zero-order valence-electron chi connectivity index (χ0n) is 10.7. The summed E-state index contributed by atoms with van der Waals surface area (Å²) in [6.07, 6.45) is -4.56. The Morgan fingerprint density at radius 2 is 2.00 bits per heavy atom. The number of sulfonamides is 1. The summed E-state index contributed by atoms with van der Waals surface area (Å²) in [6, 6.07) is 0.825. The van der Waals surface area contributed by atoms with Crippen LogP contribution in [0.1, 0.15) is 23.2 Å². The Kier molecular flexibility index (Phi) is 4.49. The van der Waals surface area contributed by atoms with E-state index in [1.54, 1.807) is 0 Å². The fourth-order valence-electron chi connectivity index (χ4n) is 1.55. The molecule has 1 rings (SSSR count). The van der Waals surface area contributed by atoms with E-state index in [1.807, 2.05) is 0 Å². The highest BCUT2D eigenvalue weighted by molar-refractivity contribution is 7.89. The molecule has 0 aromatic carbocycles. The maximum Gasteiger partial charge on any atom is 0.406 e. The Bertz CT molecular complexity index is 607. The van der Waals surface area contributed by atoms with Gasteiger partial charge in [0.15, 0.2) is 5.76 Å². The molecule has 0 fully saturated rings. The van der Waals surface area contributed by atoms with Crippen LogP contribution in [0, 0.1) is 6.92 Å². The summed E-state index contributed by atoms with van der Waals surface area (Å²) in [5, 5.41) is 4.89. The summed E-state index contributed by atoms with van der Waals surface area (Å²) in [6.45, 7) is 0.951. The molecule has 1 aromatic heterocycles. The third-order valence-corrected chi connectivity index (χ3v) is 3.45. The van der Waals surface area contributed by atoms with Gasteiger partial charge in [-0.1, -0.05) is 0 Å². The van der Waals surface area contributed by atoms with Crippen molar-refractivity contribution in [1.82, 2.24) is 4.90 Å². The first-order valence-corrected chi connectivity index (χ1v) is 6.99. The predicted molar refractivity (Wildman–Crippen MR) is 62.5 cm³/mol. The summed E-state index contributed by atoms with van der Waals surface area (Å²) >= 11 is 0. The molecule has 10 heteroatoms. The molecule has 2 N–H and O–H groups in total. The van der Waals surface area contributed by atoms with Gasteiger partial charge in [0.05, 0.1) is 0 Å². The fraction of sp³-hybridized carbons (Fsp3) is 0.500. The lowest BCUT2D eigenvalue weighted by Gasteiger charge is -2.20. The van der Waals surface area contributed by atoms with Crippen LogP contribution in [0.4, 0.5) is 13.2 Å². The van der Waals surface area contributed by atoms with E-state index in [0.29, 0.717) is 4.90 Å². The molecule has 114 valence electrons. The maximum absolute atomic E-state index is 12.3. The van der Waals surface area contributed by atoms with Crippen LogP contribution >= 0.6 is 0 Å². The smallest absolute Gasteiger partial charge is 0.406 e. The molecule has 0 saturated heterocycles. The largest absolute Gasteiger partial charge is 0.455 e. The van der Waals surface area contributed by atoms with Crippen molar-refractivity contribution >= 4 is 15.9 Å². The number of furan rings is 1. The average Bonchev–Trinajstić information content (AvgIpc) is 2.65. The summed E-state index contributed by atoms with van der Waals surface area (Å²) in [5.74, 6) is -1.71. The molecule has 1 heterocycles. The highest BCUT2D eigenvalue weighted by Gasteiger charge is 2.34. The number of hydrogen-bond donors (Lipinski definition) is 1. The fourth-order valence-corrected chi connectivity index (χ4v) is 2.27. The molecule has 0 aliphatic carbocycles. The van der Waals surface area contributed by atoms with Crippen molar-refractivity contribution in [3.8, 4) is 0 Å². The number of nitrogens with two attached hydrogens (primary N) is 1. The number of nitrogens with zero attached hydrogens (tertiary/aromatic N) is 1. The maximum atomic E-state index is 12.3. The van der Waals surface area contributed by atoms with E-state index in [9.17, 15) is 26.4 Å². The third-order valence-electron chi connectivity index (χ3n) is 2.43. The molecule has 0 atom stereocenters. The Balaban J connectivity index is 3.09. The van der Waals surface area contributed by atoms with E-state index in [0.717, 1.165) is 6.07 Å². The van der Waals surface area contributed by atoms with Crippen LogP contribution in [0.25, 0.3) is 0 Å². The van der Waals surface area contributed by atoms with Crippen LogP contribution < -0.4 is 5.14 Å². The van der Waals surface area contributed by atoms with Gasteiger partial charge in [-0.05, 0) is 13.8 Å². The summed E-state index contributed by atoms with van der Waals surface area (Å²) in [4.78, 5) is 11.9. The van der Waals surface area contributed by atoms with Gasteiger partial charge < -0.3 is 9.32 Å². The van der Waals surface area contributed by atoms with Gasteiger partial charge in [-0.25, -0.2) is 13.6 Å². The van der Waals surface area contributed by atoms with E-state index in [4.69, 9.17) is 9.56 Å². The highest BCUT2D eigenvalue weighted by Crippen LogP contribution is 2.22. The monoisotopic (exact) mass is 314 g/mol. The summed E-state index contributed by atoms with van der Waals surface area (Å²) in [7, 11) is -4.10. The molecule has 1 amide bonds. The van der Waals surface area contributed by atoms with Crippen LogP contribution in [0.15, 0.2) is 15.4 Å².